The fourth-order valence-electron chi connectivity index (χ4n) is 2.50. The Morgan fingerprint density at radius 1 is 0.821 bits per heavy atom. The van der Waals surface area contributed by atoms with E-state index in [2.05, 4.69) is 20.6 Å². The van der Waals surface area contributed by atoms with Crippen LogP contribution in [0.15, 0.2) is 54.6 Å². The number of aromatic nitrogens is 2. The van der Waals surface area contributed by atoms with Crippen molar-refractivity contribution in [2.24, 2.45) is 0 Å². The summed E-state index contributed by atoms with van der Waals surface area (Å²) in [6.45, 7) is 1.75. The number of halogens is 1. The molecule has 0 bridgehead atoms. The first-order valence-electron chi connectivity index (χ1n) is 7.98. The second-order valence-corrected chi connectivity index (χ2v) is 5.67. The number of aryl methyl sites for hydroxylation is 1. The monoisotopic (exact) mass is 400 g/mol. The number of nitrogens with one attached hydrogen (secondary N) is 2. The maximum Gasteiger partial charge on any atom is 0.337 e. The van der Waals surface area contributed by atoms with Crippen LogP contribution in [-0.4, -0.2) is 32.1 Å². The van der Waals surface area contributed by atoms with Crippen LogP contribution < -0.4 is 10.6 Å². The van der Waals surface area contributed by atoms with E-state index < -0.39 is 11.9 Å². The summed E-state index contributed by atoms with van der Waals surface area (Å²) in [5, 5.41) is 24.4. The topological polar surface area (TPSA) is 124 Å². The standard InChI is InChI=1S/C19H16N4O4.ClH/c1-11-10-16(21-14-8-4-2-6-12(14)17(24)25)23-19(20-11)22-15-9-5-3-7-13(15)18(26)27;/h2-10H,1H3,(H,24,25)(H,26,27)(H2,20,21,22,23);1H. The fourth-order valence-corrected chi connectivity index (χ4v) is 2.50. The number of hydrogen-bond acceptors (Lipinski definition) is 6. The van der Waals surface area contributed by atoms with Crippen LogP contribution in [0.25, 0.3) is 0 Å². The van der Waals surface area contributed by atoms with Crippen molar-refractivity contribution >= 4 is 47.5 Å². The van der Waals surface area contributed by atoms with Crippen LogP contribution >= 0.6 is 12.4 Å². The molecule has 9 heteroatoms. The van der Waals surface area contributed by atoms with E-state index in [1.54, 1.807) is 49.4 Å². The largest absolute Gasteiger partial charge is 0.478 e. The third-order valence-corrected chi connectivity index (χ3v) is 3.68. The first kappa shape index (κ1) is 20.7. The second-order valence-electron chi connectivity index (χ2n) is 5.67. The van der Waals surface area contributed by atoms with Crippen molar-refractivity contribution in [3.05, 3.63) is 71.4 Å². The number of nitrogens with zero attached hydrogens (tertiary/aromatic N) is 2. The number of carboxylic acids is 2. The molecule has 0 radical (unpaired) electrons. The van der Waals surface area contributed by atoms with Gasteiger partial charge >= 0.3 is 11.9 Å². The van der Waals surface area contributed by atoms with E-state index in [0.717, 1.165) is 0 Å². The maximum absolute atomic E-state index is 11.3. The molecule has 0 saturated heterocycles. The number of anilines is 4. The second kappa shape index (κ2) is 8.83. The fraction of sp³-hybridized carbons (Fsp3) is 0.0526. The number of hydrogen-bond donors (Lipinski definition) is 4. The van der Waals surface area contributed by atoms with E-state index in [9.17, 15) is 19.8 Å². The van der Waals surface area contributed by atoms with Gasteiger partial charge in [-0.3, -0.25) is 0 Å². The molecule has 0 spiro atoms. The van der Waals surface area contributed by atoms with Gasteiger partial charge in [-0.25, -0.2) is 14.6 Å². The Labute approximate surface area is 166 Å². The van der Waals surface area contributed by atoms with E-state index in [0.29, 0.717) is 22.9 Å². The van der Waals surface area contributed by atoms with Crippen molar-refractivity contribution < 1.29 is 19.8 Å². The Kier molecular flexibility index (Phi) is 6.51. The summed E-state index contributed by atoms with van der Waals surface area (Å²) in [6, 6.07) is 14.5. The smallest absolute Gasteiger partial charge is 0.337 e. The molecule has 2 aromatic carbocycles. The number of rotatable bonds is 6. The van der Waals surface area contributed by atoms with Crippen LogP contribution in [0.4, 0.5) is 23.1 Å². The minimum atomic E-state index is -1.07. The van der Waals surface area contributed by atoms with Gasteiger partial charge in [-0.1, -0.05) is 24.3 Å². The zero-order valence-electron chi connectivity index (χ0n) is 14.7. The average molecular weight is 401 g/mol. The molecule has 3 aromatic rings. The van der Waals surface area contributed by atoms with Crippen LogP contribution in [0.2, 0.25) is 0 Å². The third kappa shape index (κ3) is 4.74. The van der Waals surface area contributed by atoms with Crippen LogP contribution in [0.3, 0.4) is 0 Å². The molecule has 0 fully saturated rings. The summed E-state index contributed by atoms with van der Waals surface area (Å²) in [7, 11) is 0. The van der Waals surface area contributed by atoms with E-state index in [-0.39, 0.29) is 29.5 Å². The normalized spacial score (nSPS) is 9.89. The number of carboxylic acid groups (broad SMARTS) is 2. The highest BCUT2D eigenvalue weighted by Crippen LogP contribution is 2.23. The summed E-state index contributed by atoms with van der Waals surface area (Å²) in [5.74, 6) is -1.55. The van der Waals surface area contributed by atoms with Gasteiger partial charge < -0.3 is 20.8 Å². The lowest BCUT2D eigenvalue weighted by molar-refractivity contribution is 0.0687. The maximum atomic E-state index is 11.3. The highest BCUT2D eigenvalue weighted by molar-refractivity contribution is 5.95. The minimum Gasteiger partial charge on any atom is -0.478 e. The van der Waals surface area contributed by atoms with Crippen LogP contribution in [0.5, 0.6) is 0 Å². The first-order chi connectivity index (χ1) is 12.9. The molecule has 0 saturated carbocycles. The Hall–Kier alpha value is -3.65. The van der Waals surface area contributed by atoms with Crippen molar-refractivity contribution in [3.63, 3.8) is 0 Å². The van der Waals surface area contributed by atoms with Crippen molar-refractivity contribution in [2.75, 3.05) is 10.6 Å². The first-order valence-corrected chi connectivity index (χ1v) is 7.98. The molecule has 0 unspecified atom stereocenters. The molecule has 0 aliphatic heterocycles. The van der Waals surface area contributed by atoms with Gasteiger partial charge in [-0.15, -0.1) is 12.4 Å². The molecule has 28 heavy (non-hydrogen) atoms. The Bertz CT molecular complexity index is 949. The lowest BCUT2D eigenvalue weighted by Crippen LogP contribution is -2.07. The lowest BCUT2D eigenvalue weighted by Gasteiger charge is -2.12. The molecular weight excluding hydrogens is 384 g/mol. The minimum absolute atomic E-state index is 0. The predicted octanol–water partition coefficient (Wildman–Crippen LogP) is 4.09. The third-order valence-electron chi connectivity index (χ3n) is 3.68. The van der Waals surface area contributed by atoms with Gasteiger partial charge in [0.05, 0.1) is 22.5 Å². The predicted molar refractivity (Wildman–Crippen MR) is 107 cm³/mol. The number of carbonyl (C=O) groups is 2. The number of benzene rings is 2. The van der Waals surface area contributed by atoms with E-state index in [1.165, 1.54) is 12.1 Å². The van der Waals surface area contributed by atoms with E-state index >= 15 is 0 Å². The number of aromatic carboxylic acids is 2. The number of para-hydroxylation sites is 2. The molecule has 0 aliphatic carbocycles. The Morgan fingerprint density at radius 2 is 1.32 bits per heavy atom. The quantitative estimate of drug-likeness (QED) is 0.487. The van der Waals surface area contributed by atoms with Crippen LogP contribution in [-0.2, 0) is 0 Å². The summed E-state index contributed by atoms with van der Waals surface area (Å²) in [4.78, 5) is 31.3. The van der Waals surface area contributed by atoms with E-state index in [4.69, 9.17) is 0 Å². The van der Waals surface area contributed by atoms with Crippen LogP contribution in [0.1, 0.15) is 26.4 Å². The Morgan fingerprint density at radius 3 is 1.86 bits per heavy atom. The van der Waals surface area contributed by atoms with Crippen molar-refractivity contribution in [2.45, 2.75) is 6.92 Å². The van der Waals surface area contributed by atoms with Crippen LogP contribution in [0, 0.1) is 6.92 Å². The summed E-state index contributed by atoms with van der Waals surface area (Å²) in [5.41, 5.74) is 1.57. The molecule has 144 valence electrons. The van der Waals surface area contributed by atoms with Crippen molar-refractivity contribution in [3.8, 4) is 0 Å². The van der Waals surface area contributed by atoms with Gasteiger partial charge in [0.25, 0.3) is 0 Å². The summed E-state index contributed by atoms with van der Waals surface area (Å²) >= 11 is 0. The SMILES string of the molecule is Cc1cc(Nc2ccccc2C(=O)O)nc(Nc2ccccc2C(=O)O)n1.Cl. The van der Waals surface area contributed by atoms with Gasteiger partial charge in [0, 0.05) is 11.8 Å². The average Bonchev–Trinajstić information content (AvgIpc) is 2.61. The molecule has 3 rings (SSSR count). The molecule has 1 heterocycles. The van der Waals surface area contributed by atoms with Crippen molar-refractivity contribution in [1.29, 1.82) is 0 Å². The Balaban J connectivity index is 0.00000280. The molecular formula is C19H17ClN4O4. The van der Waals surface area contributed by atoms with Gasteiger partial charge in [0.2, 0.25) is 5.95 Å². The van der Waals surface area contributed by atoms with Gasteiger partial charge in [-0.2, -0.15) is 4.98 Å². The molecule has 1 aromatic heterocycles. The lowest BCUT2D eigenvalue weighted by atomic mass is 10.2. The zero-order chi connectivity index (χ0) is 19.4. The van der Waals surface area contributed by atoms with E-state index in [1.807, 2.05) is 0 Å². The molecule has 0 aliphatic rings. The molecule has 0 amide bonds. The molecule has 4 N–H and O–H groups in total. The highest BCUT2D eigenvalue weighted by Gasteiger charge is 2.13. The van der Waals surface area contributed by atoms with Crippen molar-refractivity contribution in [1.82, 2.24) is 9.97 Å². The molecule has 8 nitrogen and oxygen atoms in total. The molecule has 0 atom stereocenters. The summed E-state index contributed by atoms with van der Waals surface area (Å²) < 4.78 is 0. The van der Waals surface area contributed by atoms with Gasteiger partial charge in [0.15, 0.2) is 0 Å². The zero-order valence-corrected chi connectivity index (χ0v) is 15.5. The van der Waals surface area contributed by atoms with Gasteiger partial charge in [-0.05, 0) is 31.2 Å². The highest BCUT2D eigenvalue weighted by atomic mass is 35.5. The summed E-state index contributed by atoms with van der Waals surface area (Å²) in [6.07, 6.45) is 0. The van der Waals surface area contributed by atoms with Gasteiger partial charge in [0.1, 0.15) is 5.82 Å².